The Morgan fingerprint density at radius 1 is 1.13 bits per heavy atom. The van der Waals surface area contributed by atoms with E-state index < -0.39 is 11.6 Å². The number of nitrogens with one attached hydrogen (secondary N) is 1. The van der Waals surface area contributed by atoms with E-state index in [-0.39, 0.29) is 0 Å². The summed E-state index contributed by atoms with van der Waals surface area (Å²) in [4.78, 5) is 0. The van der Waals surface area contributed by atoms with E-state index in [0.29, 0.717) is 11.3 Å². The fourth-order valence-electron chi connectivity index (χ4n) is 1.39. The fraction of sp³-hybridized carbons (Fsp3) is 0.182. The van der Waals surface area contributed by atoms with Crippen LogP contribution < -0.4 is 0 Å². The quantitative estimate of drug-likeness (QED) is 0.807. The van der Waals surface area contributed by atoms with Crippen molar-refractivity contribution in [3.05, 3.63) is 41.6 Å². The molecule has 1 heterocycles. The molecule has 4 heteroatoms. The van der Waals surface area contributed by atoms with Crippen LogP contribution in [0.5, 0.6) is 0 Å². The number of H-pyrrole nitrogens is 1. The third-order valence-corrected chi connectivity index (χ3v) is 2.17. The Kier molecular flexibility index (Phi) is 2.49. The van der Waals surface area contributed by atoms with Gasteiger partial charge in [-0.05, 0) is 24.6 Å². The number of benzene rings is 1. The Morgan fingerprint density at radius 2 is 1.80 bits per heavy atom. The largest absolute Gasteiger partial charge is 0.282 e. The molecule has 0 bridgehead atoms. The Morgan fingerprint density at radius 3 is 2.33 bits per heavy atom. The van der Waals surface area contributed by atoms with E-state index in [1.54, 1.807) is 6.07 Å². The highest BCUT2D eigenvalue weighted by Gasteiger charge is 2.06. The first-order chi connectivity index (χ1) is 7.19. The van der Waals surface area contributed by atoms with Gasteiger partial charge in [-0.2, -0.15) is 5.10 Å². The van der Waals surface area contributed by atoms with Crippen LogP contribution >= 0.6 is 0 Å². The smallest absolute Gasteiger partial charge is 0.126 e. The summed E-state index contributed by atoms with van der Waals surface area (Å²) >= 11 is 0. The second-order valence-electron chi connectivity index (χ2n) is 3.29. The van der Waals surface area contributed by atoms with Gasteiger partial charge in [0.15, 0.2) is 0 Å². The maximum atomic E-state index is 12.9. The molecule has 1 aromatic carbocycles. The van der Waals surface area contributed by atoms with Crippen molar-refractivity contribution in [3.63, 3.8) is 0 Å². The molecule has 2 aromatic rings. The van der Waals surface area contributed by atoms with Crippen molar-refractivity contribution in [1.29, 1.82) is 0 Å². The molecular formula is C11H10F2N2. The van der Waals surface area contributed by atoms with Crippen LogP contribution in [0.1, 0.15) is 12.6 Å². The number of aryl methyl sites for hydroxylation is 1. The Balaban J connectivity index is 2.44. The number of aromatic amines is 1. The third kappa shape index (κ3) is 2.03. The zero-order chi connectivity index (χ0) is 10.8. The molecule has 0 aliphatic heterocycles. The summed E-state index contributed by atoms with van der Waals surface area (Å²) in [6.45, 7) is 1.98. The van der Waals surface area contributed by atoms with E-state index in [0.717, 1.165) is 18.2 Å². The fourth-order valence-corrected chi connectivity index (χ4v) is 1.39. The molecule has 0 unspecified atom stereocenters. The van der Waals surface area contributed by atoms with Gasteiger partial charge in [-0.15, -0.1) is 0 Å². The van der Waals surface area contributed by atoms with Crippen LogP contribution in [0.3, 0.4) is 0 Å². The highest BCUT2D eigenvalue weighted by atomic mass is 19.1. The molecule has 1 N–H and O–H groups in total. The number of nitrogens with zero attached hydrogens (tertiary/aromatic N) is 1. The maximum absolute atomic E-state index is 12.9. The summed E-state index contributed by atoms with van der Waals surface area (Å²) in [5.41, 5.74) is 1.95. The highest BCUT2D eigenvalue weighted by molar-refractivity contribution is 5.59. The van der Waals surface area contributed by atoms with E-state index in [2.05, 4.69) is 10.2 Å². The van der Waals surface area contributed by atoms with E-state index in [1.165, 1.54) is 12.1 Å². The van der Waals surface area contributed by atoms with E-state index in [9.17, 15) is 8.78 Å². The molecule has 2 rings (SSSR count). The first-order valence-corrected chi connectivity index (χ1v) is 4.70. The first kappa shape index (κ1) is 9.83. The SMILES string of the molecule is CCc1cc(-c2cc(F)cc(F)c2)n[nH]1. The minimum Gasteiger partial charge on any atom is -0.282 e. The van der Waals surface area contributed by atoms with E-state index in [4.69, 9.17) is 0 Å². The molecule has 2 nitrogen and oxygen atoms in total. The summed E-state index contributed by atoms with van der Waals surface area (Å²) in [6.07, 6.45) is 0.810. The van der Waals surface area contributed by atoms with Gasteiger partial charge in [0.25, 0.3) is 0 Å². The van der Waals surface area contributed by atoms with Crippen LogP contribution in [-0.4, -0.2) is 10.2 Å². The van der Waals surface area contributed by atoms with E-state index >= 15 is 0 Å². The number of hydrogen-bond donors (Lipinski definition) is 1. The van der Waals surface area contributed by atoms with Crippen LogP contribution in [0.4, 0.5) is 8.78 Å². The van der Waals surface area contributed by atoms with Crippen molar-refractivity contribution < 1.29 is 8.78 Å². The van der Waals surface area contributed by atoms with Gasteiger partial charge >= 0.3 is 0 Å². The zero-order valence-corrected chi connectivity index (χ0v) is 8.22. The van der Waals surface area contributed by atoms with Gasteiger partial charge in [0.2, 0.25) is 0 Å². The Labute approximate surface area is 85.9 Å². The predicted molar refractivity (Wildman–Crippen MR) is 53.3 cm³/mol. The first-order valence-electron chi connectivity index (χ1n) is 4.70. The summed E-state index contributed by atoms with van der Waals surface area (Å²) in [5.74, 6) is -1.18. The van der Waals surface area contributed by atoms with Crippen LogP contribution in [0.2, 0.25) is 0 Å². The molecule has 0 aliphatic carbocycles. The topological polar surface area (TPSA) is 28.7 Å². The van der Waals surface area contributed by atoms with Gasteiger partial charge in [-0.3, -0.25) is 5.10 Å². The molecule has 0 saturated heterocycles. The molecule has 0 aliphatic rings. The van der Waals surface area contributed by atoms with Gasteiger partial charge in [-0.1, -0.05) is 6.92 Å². The molecule has 0 radical (unpaired) electrons. The van der Waals surface area contributed by atoms with Crippen molar-refractivity contribution in [2.24, 2.45) is 0 Å². The molecule has 0 saturated carbocycles. The van der Waals surface area contributed by atoms with Crippen LogP contribution in [0, 0.1) is 11.6 Å². The second-order valence-corrected chi connectivity index (χ2v) is 3.29. The number of aromatic nitrogens is 2. The van der Waals surface area contributed by atoms with Crippen LogP contribution in [0.25, 0.3) is 11.3 Å². The summed E-state index contributed by atoms with van der Waals surface area (Å²) in [7, 11) is 0. The predicted octanol–water partition coefficient (Wildman–Crippen LogP) is 2.92. The van der Waals surface area contributed by atoms with Crippen molar-refractivity contribution in [1.82, 2.24) is 10.2 Å². The zero-order valence-electron chi connectivity index (χ0n) is 8.22. The molecule has 0 amide bonds. The van der Waals surface area contributed by atoms with Crippen molar-refractivity contribution in [2.75, 3.05) is 0 Å². The van der Waals surface area contributed by atoms with Crippen molar-refractivity contribution in [2.45, 2.75) is 13.3 Å². The summed E-state index contributed by atoms with van der Waals surface area (Å²) in [6, 6.07) is 5.16. The molecule has 0 atom stereocenters. The lowest BCUT2D eigenvalue weighted by Gasteiger charge is -1.96. The third-order valence-electron chi connectivity index (χ3n) is 2.17. The normalized spacial score (nSPS) is 10.6. The number of halogens is 2. The summed E-state index contributed by atoms with van der Waals surface area (Å²) < 4.78 is 25.8. The Bertz CT molecular complexity index is 457. The van der Waals surface area contributed by atoms with Gasteiger partial charge in [-0.25, -0.2) is 8.78 Å². The van der Waals surface area contributed by atoms with Crippen molar-refractivity contribution >= 4 is 0 Å². The average molecular weight is 208 g/mol. The molecule has 78 valence electrons. The molecule has 0 fully saturated rings. The minimum absolute atomic E-state index is 0.448. The van der Waals surface area contributed by atoms with Crippen molar-refractivity contribution in [3.8, 4) is 11.3 Å². The van der Waals surface area contributed by atoms with Gasteiger partial charge in [0, 0.05) is 17.3 Å². The Hall–Kier alpha value is -1.71. The molecule has 0 spiro atoms. The van der Waals surface area contributed by atoms with Gasteiger partial charge in [0.05, 0.1) is 5.69 Å². The molecular weight excluding hydrogens is 198 g/mol. The monoisotopic (exact) mass is 208 g/mol. The lowest BCUT2D eigenvalue weighted by Crippen LogP contribution is -1.84. The molecule has 15 heavy (non-hydrogen) atoms. The minimum atomic E-state index is -0.592. The van der Waals surface area contributed by atoms with Gasteiger partial charge in [0.1, 0.15) is 11.6 Å². The lowest BCUT2D eigenvalue weighted by molar-refractivity contribution is 0.584. The maximum Gasteiger partial charge on any atom is 0.126 e. The number of rotatable bonds is 2. The highest BCUT2D eigenvalue weighted by Crippen LogP contribution is 2.20. The van der Waals surface area contributed by atoms with E-state index in [1.807, 2.05) is 6.92 Å². The lowest BCUT2D eigenvalue weighted by atomic mass is 10.1. The standard InChI is InChI=1S/C11H10F2N2/c1-2-10-6-11(15-14-10)7-3-8(12)5-9(13)4-7/h3-6H,2H2,1H3,(H,14,15). The molecule has 1 aromatic heterocycles. The van der Waals surface area contributed by atoms with Crippen LogP contribution in [-0.2, 0) is 6.42 Å². The summed E-state index contributed by atoms with van der Waals surface area (Å²) in [5, 5.41) is 6.78. The van der Waals surface area contributed by atoms with Gasteiger partial charge < -0.3 is 0 Å². The number of hydrogen-bond acceptors (Lipinski definition) is 1. The average Bonchev–Trinajstić information content (AvgIpc) is 2.64. The van der Waals surface area contributed by atoms with Crippen LogP contribution in [0.15, 0.2) is 24.3 Å². The second kappa shape index (κ2) is 3.81.